The van der Waals surface area contributed by atoms with Gasteiger partial charge in [0.25, 0.3) is 0 Å². The molecule has 1 heterocycles. The largest absolute Gasteiger partial charge is 0.493 e. The fraction of sp³-hybridized carbons (Fsp3) is 0.125. The first-order valence-electron chi connectivity index (χ1n) is 6.37. The Morgan fingerprint density at radius 2 is 2.05 bits per heavy atom. The van der Waals surface area contributed by atoms with Crippen molar-refractivity contribution >= 4 is 12.0 Å². The average molecular weight is 287 g/mol. The molecule has 0 saturated carbocycles. The first kappa shape index (κ1) is 14.7. The third-order valence-corrected chi connectivity index (χ3v) is 2.72. The molecule has 0 aliphatic carbocycles. The van der Waals surface area contributed by atoms with Crippen LogP contribution in [0.3, 0.4) is 0 Å². The van der Waals surface area contributed by atoms with E-state index in [9.17, 15) is 9.18 Å². The van der Waals surface area contributed by atoms with E-state index < -0.39 is 11.8 Å². The molecule has 0 bridgehead atoms. The molecular formula is C16H14FNO3. The van der Waals surface area contributed by atoms with Gasteiger partial charge in [0.05, 0.1) is 6.61 Å². The van der Waals surface area contributed by atoms with Crippen molar-refractivity contribution in [2.75, 3.05) is 6.61 Å². The second-order valence-corrected chi connectivity index (χ2v) is 4.35. The topological polar surface area (TPSA) is 59.4 Å². The zero-order valence-electron chi connectivity index (χ0n) is 11.2. The van der Waals surface area contributed by atoms with Gasteiger partial charge in [-0.15, -0.1) is 0 Å². The van der Waals surface area contributed by atoms with Crippen molar-refractivity contribution < 1.29 is 19.0 Å². The van der Waals surface area contributed by atoms with Crippen molar-refractivity contribution in [3.8, 4) is 5.75 Å². The molecule has 1 aromatic heterocycles. The van der Waals surface area contributed by atoms with Crippen molar-refractivity contribution in [2.45, 2.75) is 6.42 Å². The van der Waals surface area contributed by atoms with Crippen molar-refractivity contribution in [1.82, 2.24) is 4.98 Å². The molecule has 108 valence electrons. The number of rotatable bonds is 6. The minimum atomic E-state index is -1.08. The van der Waals surface area contributed by atoms with Crippen molar-refractivity contribution in [2.24, 2.45) is 0 Å². The number of aliphatic carboxylic acids is 1. The summed E-state index contributed by atoms with van der Waals surface area (Å²) >= 11 is 0. The Morgan fingerprint density at radius 3 is 2.76 bits per heavy atom. The Morgan fingerprint density at radius 1 is 1.29 bits per heavy atom. The number of ether oxygens (including phenoxy) is 1. The third kappa shape index (κ3) is 5.06. The van der Waals surface area contributed by atoms with Crippen LogP contribution in [0.5, 0.6) is 5.75 Å². The van der Waals surface area contributed by atoms with E-state index in [2.05, 4.69) is 4.98 Å². The van der Waals surface area contributed by atoms with Gasteiger partial charge in [-0.3, -0.25) is 4.98 Å². The van der Waals surface area contributed by atoms with Crippen LogP contribution < -0.4 is 4.74 Å². The molecule has 4 nitrogen and oxygen atoms in total. The summed E-state index contributed by atoms with van der Waals surface area (Å²) in [6.45, 7) is 0.398. The van der Waals surface area contributed by atoms with Crippen LogP contribution in [0, 0.1) is 5.82 Å². The molecule has 0 saturated heterocycles. The van der Waals surface area contributed by atoms with Crippen molar-refractivity contribution in [3.63, 3.8) is 0 Å². The van der Waals surface area contributed by atoms with Crippen LogP contribution >= 0.6 is 0 Å². The molecule has 2 aromatic rings. The maximum Gasteiger partial charge on any atom is 0.328 e. The zero-order valence-corrected chi connectivity index (χ0v) is 11.2. The Hall–Kier alpha value is -2.69. The van der Waals surface area contributed by atoms with Crippen LogP contribution in [0.1, 0.15) is 11.1 Å². The number of carboxylic acid groups (broad SMARTS) is 1. The highest BCUT2D eigenvalue weighted by molar-refractivity contribution is 5.85. The monoisotopic (exact) mass is 287 g/mol. The van der Waals surface area contributed by atoms with Crippen LogP contribution in [-0.2, 0) is 11.2 Å². The molecule has 0 aliphatic heterocycles. The standard InChI is InChI=1S/C16H14FNO3/c17-14-9-13(1-2-16(19)20)10-15(11-14)21-8-5-12-3-6-18-7-4-12/h1-4,6-7,9-11H,5,8H2,(H,19,20)/b2-1+. The molecular weight excluding hydrogens is 273 g/mol. The maximum atomic E-state index is 13.4. The number of halogens is 1. The second kappa shape index (κ2) is 7.19. The summed E-state index contributed by atoms with van der Waals surface area (Å²) in [4.78, 5) is 14.4. The van der Waals surface area contributed by atoms with E-state index in [-0.39, 0.29) is 0 Å². The number of aromatic nitrogens is 1. The number of hydrogen-bond acceptors (Lipinski definition) is 3. The Labute approximate surface area is 121 Å². The molecule has 0 fully saturated rings. The van der Waals surface area contributed by atoms with Crippen LogP contribution in [-0.4, -0.2) is 22.7 Å². The highest BCUT2D eigenvalue weighted by Gasteiger charge is 2.01. The van der Waals surface area contributed by atoms with Gasteiger partial charge in [0.2, 0.25) is 0 Å². The lowest BCUT2D eigenvalue weighted by Crippen LogP contribution is -2.02. The highest BCUT2D eigenvalue weighted by Crippen LogP contribution is 2.18. The lowest BCUT2D eigenvalue weighted by Gasteiger charge is -2.07. The lowest BCUT2D eigenvalue weighted by atomic mass is 10.2. The van der Waals surface area contributed by atoms with Gasteiger partial charge in [-0.05, 0) is 41.5 Å². The summed E-state index contributed by atoms with van der Waals surface area (Å²) in [6.07, 6.45) is 6.36. The molecule has 0 radical (unpaired) electrons. The molecule has 0 amide bonds. The Balaban J connectivity index is 1.98. The van der Waals surface area contributed by atoms with Crippen molar-refractivity contribution in [1.29, 1.82) is 0 Å². The van der Waals surface area contributed by atoms with Crippen LogP contribution in [0.2, 0.25) is 0 Å². The fourth-order valence-corrected chi connectivity index (χ4v) is 1.77. The Bertz CT molecular complexity index is 641. The lowest BCUT2D eigenvalue weighted by molar-refractivity contribution is -0.131. The summed E-state index contributed by atoms with van der Waals surface area (Å²) in [7, 11) is 0. The fourth-order valence-electron chi connectivity index (χ4n) is 1.77. The number of benzene rings is 1. The molecule has 1 N–H and O–H groups in total. The maximum absolute atomic E-state index is 13.4. The van der Waals surface area contributed by atoms with Crippen LogP contribution in [0.4, 0.5) is 4.39 Å². The first-order chi connectivity index (χ1) is 10.1. The van der Waals surface area contributed by atoms with E-state index in [0.29, 0.717) is 24.3 Å². The minimum Gasteiger partial charge on any atom is -0.493 e. The van der Waals surface area contributed by atoms with Gasteiger partial charge < -0.3 is 9.84 Å². The first-order valence-corrected chi connectivity index (χ1v) is 6.37. The number of carboxylic acids is 1. The number of hydrogen-bond donors (Lipinski definition) is 1. The minimum absolute atomic E-state index is 0.370. The van der Waals surface area contributed by atoms with Gasteiger partial charge in [0, 0.05) is 31.0 Å². The normalized spacial score (nSPS) is 10.7. The molecule has 0 aliphatic rings. The molecule has 0 spiro atoms. The van der Waals surface area contributed by atoms with Gasteiger partial charge in [-0.25, -0.2) is 9.18 Å². The molecule has 1 aromatic carbocycles. The number of pyridine rings is 1. The third-order valence-electron chi connectivity index (χ3n) is 2.72. The predicted octanol–water partition coefficient (Wildman–Crippen LogP) is 2.94. The van der Waals surface area contributed by atoms with Crippen LogP contribution in [0.25, 0.3) is 6.08 Å². The van der Waals surface area contributed by atoms with Gasteiger partial charge in [0.1, 0.15) is 11.6 Å². The number of carbonyl (C=O) groups is 1. The second-order valence-electron chi connectivity index (χ2n) is 4.35. The smallest absolute Gasteiger partial charge is 0.328 e. The summed E-state index contributed by atoms with van der Waals surface area (Å²) < 4.78 is 18.9. The van der Waals surface area contributed by atoms with Gasteiger partial charge in [-0.2, -0.15) is 0 Å². The van der Waals surface area contributed by atoms with Gasteiger partial charge in [-0.1, -0.05) is 0 Å². The zero-order chi connectivity index (χ0) is 15.1. The molecule has 0 atom stereocenters. The van der Waals surface area contributed by atoms with Crippen molar-refractivity contribution in [3.05, 3.63) is 65.7 Å². The average Bonchev–Trinajstić information content (AvgIpc) is 2.46. The van der Waals surface area contributed by atoms with Gasteiger partial charge >= 0.3 is 5.97 Å². The van der Waals surface area contributed by atoms with E-state index in [1.54, 1.807) is 18.5 Å². The molecule has 21 heavy (non-hydrogen) atoms. The quantitative estimate of drug-likeness (QED) is 0.830. The van der Waals surface area contributed by atoms with E-state index in [0.717, 1.165) is 11.6 Å². The number of nitrogens with zero attached hydrogens (tertiary/aromatic N) is 1. The summed E-state index contributed by atoms with van der Waals surface area (Å²) in [6, 6.07) is 7.88. The summed E-state index contributed by atoms with van der Waals surface area (Å²) in [5.41, 5.74) is 1.52. The summed E-state index contributed by atoms with van der Waals surface area (Å²) in [5, 5.41) is 8.56. The van der Waals surface area contributed by atoms with E-state index in [1.807, 2.05) is 12.1 Å². The van der Waals surface area contributed by atoms with E-state index in [1.165, 1.54) is 18.2 Å². The van der Waals surface area contributed by atoms with Gasteiger partial charge in [0.15, 0.2) is 0 Å². The van der Waals surface area contributed by atoms with E-state index >= 15 is 0 Å². The van der Waals surface area contributed by atoms with Crippen LogP contribution in [0.15, 0.2) is 48.8 Å². The molecule has 5 heteroatoms. The summed E-state index contributed by atoms with van der Waals surface area (Å²) in [5.74, 6) is -1.19. The predicted molar refractivity (Wildman–Crippen MR) is 76.5 cm³/mol. The molecule has 0 unspecified atom stereocenters. The van der Waals surface area contributed by atoms with E-state index in [4.69, 9.17) is 9.84 Å². The SMILES string of the molecule is O=C(O)/C=C/c1cc(F)cc(OCCc2ccncc2)c1. The Kier molecular flexibility index (Phi) is 5.04. The highest BCUT2D eigenvalue weighted by atomic mass is 19.1. The molecule has 2 rings (SSSR count).